The van der Waals surface area contributed by atoms with E-state index in [1.54, 1.807) is 0 Å². The molecule has 0 radical (unpaired) electrons. The number of carbonyl (C=O) groups is 1. The molecule has 0 spiro atoms. The van der Waals surface area contributed by atoms with Crippen molar-refractivity contribution in [3.63, 3.8) is 0 Å². The topological polar surface area (TPSA) is 40.5 Å². The fourth-order valence-electron chi connectivity index (χ4n) is 1.51. The Morgan fingerprint density at radius 1 is 1.58 bits per heavy atom. The summed E-state index contributed by atoms with van der Waals surface area (Å²) in [6, 6.07) is 0.421. The zero-order valence-electron chi connectivity index (χ0n) is 7.49. The van der Waals surface area contributed by atoms with Crippen molar-refractivity contribution in [2.24, 2.45) is 5.92 Å². The van der Waals surface area contributed by atoms with Gasteiger partial charge < -0.3 is 10.0 Å². The molecule has 0 unspecified atom stereocenters. The van der Waals surface area contributed by atoms with E-state index < -0.39 is 5.97 Å². The van der Waals surface area contributed by atoms with E-state index in [0.717, 1.165) is 19.4 Å². The van der Waals surface area contributed by atoms with E-state index in [1.165, 1.54) is 0 Å². The van der Waals surface area contributed by atoms with Crippen LogP contribution >= 0.6 is 12.4 Å². The van der Waals surface area contributed by atoms with Crippen LogP contribution in [-0.4, -0.2) is 35.6 Å². The molecular weight excluding hydrogens is 178 g/mol. The summed E-state index contributed by atoms with van der Waals surface area (Å²) in [5.74, 6) is -0.744. The quantitative estimate of drug-likeness (QED) is 0.681. The number of carboxylic acids is 1. The van der Waals surface area contributed by atoms with Gasteiger partial charge in [0, 0.05) is 6.04 Å². The molecule has 72 valence electrons. The molecule has 1 fully saturated rings. The minimum absolute atomic E-state index is 0. The smallest absolute Gasteiger partial charge is 0.306 e. The maximum atomic E-state index is 10.6. The lowest BCUT2D eigenvalue weighted by molar-refractivity contribution is -0.143. The molecule has 1 aliphatic rings. The van der Waals surface area contributed by atoms with Crippen LogP contribution in [0.15, 0.2) is 0 Å². The molecule has 0 aromatic rings. The van der Waals surface area contributed by atoms with E-state index >= 15 is 0 Å². The lowest BCUT2D eigenvalue weighted by Crippen LogP contribution is -2.39. The predicted molar refractivity (Wildman–Crippen MR) is 49.7 cm³/mol. The summed E-state index contributed by atoms with van der Waals surface area (Å²) >= 11 is 0. The second-order valence-corrected chi connectivity index (χ2v) is 3.39. The molecular formula is C8H16ClNO2. The first kappa shape index (κ1) is 11.7. The summed E-state index contributed by atoms with van der Waals surface area (Å²) in [6.45, 7) is 2.99. The minimum Gasteiger partial charge on any atom is -0.481 e. The van der Waals surface area contributed by atoms with Gasteiger partial charge in [0.25, 0.3) is 0 Å². The third-order valence-corrected chi connectivity index (χ3v) is 2.56. The van der Waals surface area contributed by atoms with Crippen LogP contribution in [0.1, 0.15) is 19.8 Å². The SMILES string of the molecule is C[C@H]1C[C@@H](C(=O)O)CCN1C.Cl. The number of piperidine rings is 1. The molecule has 0 aliphatic carbocycles. The summed E-state index contributed by atoms with van der Waals surface area (Å²) in [5.41, 5.74) is 0. The van der Waals surface area contributed by atoms with Crippen molar-refractivity contribution >= 4 is 18.4 Å². The van der Waals surface area contributed by atoms with E-state index in [2.05, 4.69) is 11.8 Å². The molecule has 0 amide bonds. The Bertz CT molecular complexity index is 163. The Labute approximate surface area is 79.2 Å². The molecule has 1 aliphatic heterocycles. The highest BCUT2D eigenvalue weighted by Gasteiger charge is 2.27. The summed E-state index contributed by atoms with van der Waals surface area (Å²) < 4.78 is 0. The molecule has 1 saturated heterocycles. The molecule has 0 aromatic heterocycles. The van der Waals surface area contributed by atoms with Crippen LogP contribution in [0.3, 0.4) is 0 Å². The number of carboxylic acid groups (broad SMARTS) is 1. The first-order valence-electron chi connectivity index (χ1n) is 4.04. The van der Waals surface area contributed by atoms with Gasteiger partial charge in [-0.25, -0.2) is 0 Å². The van der Waals surface area contributed by atoms with Gasteiger partial charge in [0.15, 0.2) is 0 Å². The number of rotatable bonds is 1. The van der Waals surface area contributed by atoms with Crippen LogP contribution in [0, 0.1) is 5.92 Å². The average Bonchev–Trinajstić information content (AvgIpc) is 1.94. The van der Waals surface area contributed by atoms with Crippen molar-refractivity contribution in [1.29, 1.82) is 0 Å². The third kappa shape index (κ3) is 2.64. The van der Waals surface area contributed by atoms with E-state index in [-0.39, 0.29) is 18.3 Å². The Morgan fingerprint density at radius 3 is 2.58 bits per heavy atom. The second kappa shape index (κ2) is 4.67. The van der Waals surface area contributed by atoms with Crippen molar-refractivity contribution < 1.29 is 9.90 Å². The Morgan fingerprint density at radius 2 is 2.17 bits per heavy atom. The van der Waals surface area contributed by atoms with Crippen molar-refractivity contribution in [2.45, 2.75) is 25.8 Å². The Balaban J connectivity index is 0.00000121. The fraction of sp³-hybridized carbons (Fsp3) is 0.875. The molecule has 2 atom stereocenters. The van der Waals surface area contributed by atoms with Crippen molar-refractivity contribution in [3.05, 3.63) is 0 Å². The van der Waals surface area contributed by atoms with Crippen molar-refractivity contribution in [2.75, 3.05) is 13.6 Å². The molecule has 0 bridgehead atoms. The van der Waals surface area contributed by atoms with E-state index in [4.69, 9.17) is 5.11 Å². The van der Waals surface area contributed by atoms with Crippen molar-refractivity contribution in [1.82, 2.24) is 4.90 Å². The number of hydrogen-bond donors (Lipinski definition) is 1. The highest BCUT2D eigenvalue weighted by Crippen LogP contribution is 2.21. The standard InChI is InChI=1S/C8H15NO2.ClH/c1-6-5-7(8(10)11)3-4-9(6)2;/h6-7H,3-5H2,1-2H3,(H,10,11);1H/t6-,7-;/m0./s1. The summed E-state index contributed by atoms with van der Waals surface area (Å²) in [5, 5.41) is 8.72. The van der Waals surface area contributed by atoms with Gasteiger partial charge in [-0.05, 0) is 33.4 Å². The number of nitrogens with zero attached hydrogens (tertiary/aromatic N) is 1. The van der Waals surface area contributed by atoms with Gasteiger partial charge >= 0.3 is 5.97 Å². The number of likely N-dealkylation sites (tertiary alicyclic amines) is 1. The van der Waals surface area contributed by atoms with Gasteiger partial charge in [0.1, 0.15) is 0 Å². The normalized spacial score (nSPS) is 30.8. The average molecular weight is 194 g/mol. The molecule has 0 saturated carbocycles. The highest BCUT2D eigenvalue weighted by atomic mass is 35.5. The van der Waals surface area contributed by atoms with Crippen LogP contribution < -0.4 is 0 Å². The van der Waals surface area contributed by atoms with Gasteiger partial charge in [-0.1, -0.05) is 0 Å². The first-order chi connectivity index (χ1) is 5.11. The van der Waals surface area contributed by atoms with E-state index in [9.17, 15) is 4.79 Å². The summed E-state index contributed by atoms with van der Waals surface area (Å²) in [6.07, 6.45) is 1.60. The maximum Gasteiger partial charge on any atom is 0.306 e. The number of hydrogen-bond acceptors (Lipinski definition) is 2. The third-order valence-electron chi connectivity index (χ3n) is 2.56. The molecule has 4 heteroatoms. The van der Waals surface area contributed by atoms with E-state index in [1.807, 2.05) is 7.05 Å². The molecule has 1 rings (SSSR count). The highest BCUT2D eigenvalue weighted by molar-refractivity contribution is 5.85. The van der Waals surface area contributed by atoms with Gasteiger partial charge in [-0.15, -0.1) is 12.4 Å². The number of halogens is 1. The summed E-state index contributed by atoms with van der Waals surface area (Å²) in [4.78, 5) is 12.8. The minimum atomic E-state index is -0.634. The molecule has 1 N–H and O–H groups in total. The lowest BCUT2D eigenvalue weighted by Gasteiger charge is -2.32. The van der Waals surface area contributed by atoms with Crippen LogP contribution in [0.2, 0.25) is 0 Å². The van der Waals surface area contributed by atoms with Crippen LogP contribution in [0.5, 0.6) is 0 Å². The van der Waals surface area contributed by atoms with Gasteiger partial charge in [-0.2, -0.15) is 0 Å². The second-order valence-electron chi connectivity index (χ2n) is 3.39. The van der Waals surface area contributed by atoms with Crippen molar-refractivity contribution in [3.8, 4) is 0 Å². The van der Waals surface area contributed by atoms with Crippen LogP contribution in [0.25, 0.3) is 0 Å². The van der Waals surface area contributed by atoms with Crippen LogP contribution in [0.4, 0.5) is 0 Å². The molecule has 0 aromatic carbocycles. The fourth-order valence-corrected chi connectivity index (χ4v) is 1.51. The number of aliphatic carboxylic acids is 1. The molecule has 1 heterocycles. The van der Waals surface area contributed by atoms with Crippen LogP contribution in [-0.2, 0) is 4.79 Å². The molecule has 3 nitrogen and oxygen atoms in total. The monoisotopic (exact) mass is 193 g/mol. The lowest BCUT2D eigenvalue weighted by atomic mass is 9.92. The Hall–Kier alpha value is -0.280. The predicted octanol–water partition coefficient (Wildman–Crippen LogP) is 1.22. The van der Waals surface area contributed by atoms with Gasteiger partial charge in [0.2, 0.25) is 0 Å². The molecule has 12 heavy (non-hydrogen) atoms. The largest absolute Gasteiger partial charge is 0.481 e. The van der Waals surface area contributed by atoms with Gasteiger partial charge in [-0.3, -0.25) is 4.79 Å². The zero-order chi connectivity index (χ0) is 8.43. The first-order valence-corrected chi connectivity index (χ1v) is 4.04. The Kier molecular flexibility index (Phi) is 4.57. The summed E-state index contributed by atoms with van der Waals surface area (Å²) in [7, 11) is 2.04. The maximum absolute atomic E-state index is 10.6. The van der Waals surface area contributed by atoms with E-state index in [0.29, 0.717) is 6.04 Å². The zero-order valence-corrected chi connectivity index (χ0v) is 8.30. The van der Waals surface area contributed by atoms with Gasteiger partial charge in [0.05, 0.1) is 5.92 Å².